The third-order valence-corrected chi connectivity index (χ3v) is 4.98. The maximum Gasteiger partial charge on any atom is 0.163 e. The zero-order valence-corrected chi connectivity index (χ0v) is 16.4. The van der Waals surface area contributed by atoms with Gasteiger partial charge in [0.15, 0.2) is 5.78 Å². The van der Waals surface area contributed by atoms with Gasteiger partial charge in [0.25, 0.3) is 0 Å². The van der Waals surface area contributed by atoms with Crippen molar-refractivity contribution in [3.8, 4) is 11.5 Å². The third-order valence-electron chi connectivity index (χ3n) is 4.42. The van der Waals surface area contributed by atoms with Gasteiger partial charge in [0.1, 0.15) is 11.5 Å². The van der Waals surface area contributed by atoms with Gasteiger partial charge in [0, 0.05) is 11.9 Å². The van der Waals surface area contributed by atoms with Gasteiger partial charge in [-0.15, -0.1) is 0 Å². The molecule has 1 aromatic rings. The molecule has 0 unspecified atom stereocenters. The lowest BCUT2D eigenvalue weighted by atomic mass is 10.0. The number of carbonyl (C=O) groups excluding carboxylic acids is 1. The van der Waals surface area contributed by atoms with E-state index in [1.807, 2.05) is 12.1 Å². The van der Waals surface area contributed by atoms with Crippen LogP contribution in [0.4, 0.5) is 0 Å². The Morgan fingerprint density at radius 2 is 1.96 bits per heavy atom. The van der Waals surface area contributed by atoms with Gasteiger partial charge in [-0.25, -0.2) is 0 Å². The van der Waals surface area contributed by atoms with Crippen molar-refractivity contribution in [3.63, 3.8) is 0 Å². The Hall–Kier alpha value is -1.07. The van der Waals surface area contributed by atoms with Crippen LogP contribution in [0.3, 0.4) is 0 Å². The van der Waals surface area contributed by atoms with Crippen LogP contribution >= 0.6 is 15.9 Å². The van der Waals surface area contributed by atoms with Crippen LogP contribution < -0.4 is 9.47 Å². The van der Waals surface area contributed by atoms with E-state index in [1.165, 1.54) is 19.3 Å². The first-order chi connectivity index (χ1) is 11.7. The summed E-state index contributed by atoms with van der Waals surface area (Å²) in [6, 6.07) is 3.71. The van der Waals surface area contributed by atoms with Crippen molar-refractivity contribution in [1.29, 1.82) is 0 Å². The van der Waals surface area contributed by atoms with Crippen molar-refractivity contribution in [2.24, 2.45) is 0 Å². The van der Waals surface area contributed by atoms with E-state index in [2.05, 4.69) is 20.8 Å². The normalized spacial score (nSPS) is 15.3. The van der Waals surface area contributed by atoms with E-state index < -0.39 is 0 Å². The van der Waals surface area contributed by atoms with Crippen LogP contribution in [0.25, 0.3) is 0 Å². The number of piperidine rings is 1. The van der Waals surface area contributed by atoms with Crippen LogP contribution in [0.15, 0.2) is 12.1 Å². The van der Waals surface area contributed by atoms with Crippen LogP contribution in [-0.4, -0.2) is 42.8 Å². The molecule has 0 atom stereocenters. The molecule has 0 amide bonds. The summed E-state index contributed by atoms with van der Waals surface area (Å²) in [5.41, 5.74) is 1.66. The summed E-state index contributed by atoms with van der Waals surface area (Å²) >= 11 is 3.44. The lowest BCUT2D eigenvalue weighted by Crippen LogP contribution is -2.29. The number of rotatable bonds is 9. The lowest BCUT2D eigenvalue weighted by molar-refractivity contribution is 0.101. The number of alkyl halides is 1. The minimum atomic E-state index is 0.0352. The molecule has 1 saturated heterocycles. The number of likely N-dealkylation sites (tertiary alicyclic amines) is 1. The minimum Gasteiger partial charge on any atom is -0.496 e. The number of hydrogen-bond donors (Lipinski definition) is 0. The molecule has 1 aliphatic rings. The molecule has 5 heteroatoms. The molecule has 1 fully saturated rings. The molecule has 1 aromatic carbocycles. The molecule has 0 aromatic heterocycles. The number of methoxy groups -OCH3 is 1. The number of nitrogens with zero attached hydrogens (tertiary/aromatic N) is 1. The van der Waals surface area contributed by atoms with Crippen LogP contribution in [0.1, 0.15) is 54.9 Å². The molecular formula is C19H28BrNO3. The van der Waals surface area contributed by atoms with Gasteiger partial charge in [-0.3, -0.25) is 9.69 Å². The van der Waals surface area contributed by atoms with Crippen LogP contribution in [0.2, 0.25) is 0 Å². The van der Waals surface area contributed by atoms with E-state index >= 15 is 0 Å². The Balaban J connectivity index is 2.27. The number of carbonyl (C=O) groups is 1. The molecule has 24 heavy (non-hydrogen) atoms. The third kappa shape index (κ3) is 5.21. The summed E-state index contributed by atoms with van der Waals surface area (Å²) in [4.78, 5) is 14.5. The van der Waals surface area contributed by atoms with Crippen LogP contribution in [0.5, 0.6) is 11.5 Å². The van der Waals surface area contributed by atoms with Crippen molar-refractivity contribution in [2.45, 2.75) is 45.6 Å². The maximum absolute atomic E-state index is 12.1. The molecular weight excluding hydrogens is 370 g/mol. The number of ketones is 1. The summed E-state index contributed by atoms with van der Waals surface area (Å²) in [6.07, 6.45) is 5.78. The summed E-state index contributed by atoms with van der Waals surface area (Å²) < 4.78 is 11.6. The van der Waals surface area contributed by atoms with Gasteiger partial charge >= 0.3 is 0 Å². The molecule has 2 rings (SSSR count). The molecule has 1 aliphatic heterocycles. The summed E-state index contributed by atoms with van der Waals surface area (Å²) in [5.74, 6) is 1.55. The highest BCUT2D eigenvalue weighted by Gasteiger charge is 2.21. The first-order valence-electron chi connectivity index (χ1n) is 8.79. The van der Waals surface area contributed by atoms with E-state index in [9.17, 15) is 4.79 Å². The Kier molecular flexibility index (Phi) is 8.06. The van der Waals surface area contributed by atoms with Gasteiger partial charge in [0.05, 0.1) is 24.8 Å². The van der Waals surface area contributed by atoms with Crippen molar-refractivity contribution >= 4 is 21.7 Å². The molecule has 1 heterocycles. The van der Waals surface area contributed by atoms with Gasteiger partial charge < -0.3 is 9.47 Å². The number of benzene rings is 1. The van der Waals surface area contributed by atoms with E-state index in [-0.39, 0.29) is 5.78 Å². The van der Waals surface area contributed by atoms with E-state index in [0.29, 0.717) is 17.9 Å². The smallest absolute Gasteiger partial charge is 0.163 e. The van der Waals surface area contributed by atoms with E-state index in [1.54, 1.807) is 14.0 Å². The second-order valence-electron chi connectivity index (χ2n) is 6.26. The molecule has 0 N–H and O–H groups in total. The summed E-state index contributed by atoms with van der Waals surface area (Å²) in [6.45, 7) is 5.18. The first kappa shape index (κ1) is 19.3. The Morgan fingerprint density at radius 1 is 1.21 bits per heavy atom. The number of ether oxygens (including phenoxy) is 2. The topological polar surface area (TPSA) is 38.8 Å². The maximum atomic E-state index is 12.1. The Labute approximate surface area is 153 Å². The highest BCUT2D eigenvalue weighted by atomic mass is 79.9. The Bertz CT molecular complexity index is 542. The van der Waals surface area contributed by atoms with Gasteiger partial charge in [-0.2, -0.15) is 0 Å². The van der Waals surface area contributed by atoms with Crippen LogP contribution in [-0.2, 0) is 6.54 Å². The molecule has 0 spiro atoms. The Morgan fingerprint density at radius 3 is 2.58 bits per heavy atom. The fraction of sp³-hybridized carbons (Fsp3) is 0.632. The van der Waals surface area contributed by atoms with E-state index in [4.69, 9.17) is 9.47 Å². The van der Waals surface area contributed by atoms with Crippen molar-refractivity contribution in [2.75, 3.05) is 32.1 Å². The van der Waals surface area contributed by atoms with Crippen molar-refractivity contribution in [1.82, 2.24) is 4.90 Å². The lowest BCUT2D eigenvalue weighted by Gasteiger charge is -2.28. The zero-order chi connectivity index (χ0) is 17.4. The van der Waals surface area contributed by atoms with Crippen LogP contribution in [0, 0.1) is 0 Å². The minimum absolute atomic E-state index is 0.0352. The monoisotopic (exact) mass is 397 g/mol. The summed E-state index contributed by atoms with van der Waals surface area (Å²) in [5, 5.41) is 0.967. The van der Waals surface area contributed by atoms with Crippen molar-refractivity contribution in [3.05, 3.63) is 23.3 Å². The summed E-state index contributed by atoms with van der Waals surface area (Å²) in [7, 11) is 1.68. The molecule has 0 aliphatic carbocycles. The molecule has 0 radical (unpaired) electrons. The first-order valence-corrected chi connectivity index (χ1v) is 9.91. The SMILES string of the molecule is COc1ccc(C(C)=O)c(OCCCCBr)c1CN1CCCCC1. The standard InChI is InChI=1S/C19H28BrNO3/c1-15(22)16-8-9-18(23-2)17(14-21-11-5-3-6-12-21)19(16)24-13-7-4-10-20/h8-9H,3-7,10-14H2,1-2H3. The van der Waals surface area contributed by atoms with Gasteiger partial charge in [0.2, 0.25) is 0 Å². The van der Waals surface area contributed by atoms with Crippen molar-refractivity contribution < 1.29 is 14.3 Å². The average molecular weight is 398 g/mol. The predicted octanol–water partition coefficient (Wildman–Crippen LogP) is 4.44. The molecule has 4 nitrogen and oxygen atoms in total. The fourth-order valence-corrected chi connectivity index (χ4v) is 3.50. The molecule has 0 saturated carbocycles. The molecule has 134 valence electrons. The highest BCUT2D eigenvalue weighted by Crippen LogP contribution is 2.34. The number of unbranched alkanes of at least 4 members (excludes halogenated alkanes) is 1. The van der Waals surface area contributed by atoms with E-state index in [0.717, 1.165) is 49.1 Å². The second kappa shape index (κ2) is 10.0. The predicted molar refractivity (Wildman–Crippen MR) is 101 cm³/mol. The number of hydrogen-bond acceptors (Lipinski definition) is 4. The fourth-order valence-electron chi connectivity index (χ4n) is 3.10. The second-order valence-corrected chi connectivity index (χ2v) is 7.05. The zero-order valence-electron chi connectivity index (χ0n) is 14.8. The number of halogens is 1. The van der Waals surface area contributed by atoms with Gasteiger partial charge in [-0.1, -0.05) is 22.4 Å². The molecule has 0 bridgehead atoms. The largest absolute Gasteiger partial charge is 0.496 e. The number of Topliss-reactive ketones (excluding diaryl/α,β-unsaturated/α-hetero) is 1. The van der Waals surface area contributed by atoms with Gasteiger partial charge in [-0.05, 0) is 57.8 Å². The quantitative estimate of drug-likeness (QED) is 0.350. The average Bonchev–Trinajstić information content (AvgIpc) is 2.60. The highest BCUT2D eigenvalue weighted by molar-refractivity contribution is 9.09.